The summed E-state index contributed by atoms with van der Waals surface area (Å²) in [5.74, 6) is -0.308. The van der Waals surface area contributed by atoms with Crippen LogP contribution in [0, 0.1) is 5.41 Å². The van der Waals surface area contributed by atoms with Crippen molar-refractivity contribution < 1.29 is 9.59 Å². The highest BCUT2D eigenvalue weighted by Crippen LogP contribution is 2.41. The Morgan fingerprint density at radius 1 is 1.38 bits per heavy atom. The first kappa shape index (κ1) is 13.0. The van der Waals surface area contributed by atoms with Gasteiger partial charge in [0.1, 0.15) is 0 Å². The Balaban J connectivity index is 1.65. The van der Waals surface area contributed by atoms with Crippen molar-refractivity contribution in [3.63, 3.8) is 0 Å². The lowest BCUT2D eigenvalue weighted by atomic mass is 9.85. The number of aromatic nitrogens is 1. The summed E-state index contributed by atoms with van der Waals surface area (Å²) in [6.07, 6.45) is 0.986. The van der Waals surface area contributed by atoms with E-state index in [1.165, 1.54) is 0 Å². The molecule has 4 rings (SSSR count). The molecule has 0 radical (unpaired) electrons. The third-order valence-electron chi connectivity index (χ3n) is 4.20. The molecule has 2 aromatic rings. The minimum Gasteiger partial charge on any atom is -0.347 e. The van der Waals surface area contributed by atoms with E-state index < -0.39 is 5.41 Å². The molecule has 1 aromatic carbocycles. The molecular formula is C14H12ClN3O2S. The number of carbonyl (C=O) groups is 2. The molecule has 0 aliphatic carbocycles. The lowest BCUT2D eigenvalue weighted by Crippen LogP contribution is -2.34. The van der Waals surface area contributed by atoms with Crippen molar-refractivity contribution in [3.05, 3.63) is 23.2 Å². The monoisotopic (exact) mass is 321 g/mol. The van der Waals surface area contributed by atoms with Gasteiger partial charge in [0.05, 0.1) is 15.6 Å². The Hall–Kier alpha value is -1.66. The molecular weight excluding hydrogens is 310 g/mol. The Bertz CT molecular complexity index is 775. The minimum absolute atomic E-state index is 0.140. The van der Waals surface area contributed by atoms with E-state index in [4.69, 9.17) is 11.6 Å². The average Bonchev–Trinajstić information content (AvgIpc) is 3.08. The maximum Gasteiger partial charge on any atom is 0.235 e. The highest BCUT2D eigenvalue weighted by atomic mass is 35.5. The second-order valence-corrected chi connectivity index (χ2v) is 7.06. The van der Waals surface area contributed by atoms with Crippen molar-refractivity contribution >= 4 is 50.1 Å². The van der Waals surface area contributed by atoms with Crippen LogP contribution in [0.5, 0.6) is 0 Å². The van der Waals surface area contributed by atoms with Crippen LogP contribution in [0.15, 0.2) is 18.2 Å². The minimum atomic E-state index is -0.563. The number of thiazole rings is 1. The molecule has 1 spiro atoms. The summed E-state index contributed by atoms with van der Waals surface area (Å²) < 4.78 is 1.03. The molecule has 5 nitrogen and oxygen atoms in total. The van der Waals surface area contributed by atoms with E-state index in [-0.39, 0.29) is 11.8 Å². The van der Waals surface area contributed by atoms with E-state index in [1.807, 2.05) is 18.2 Å². The van der Waals surface area contributed by atoms with Gasteiger partial charge in [0.2, 0.25) is 11.8 Å². The first-order valence-corrected chi connectivity index (χ1v) is 7.91. The molecule has 108 valence electrons. The van der Waals surface area contributed by atoms with E-state index in [1.54, 1.807) is 11.3 Å². The van der Waals surface area contributed by atoms with Crippen molar-refractivity contribution in [1.29, 1.82) is 0 Å². The molecule has 7 heteroatoms. The summed E-state index contributed by atoms with van der Waals surface area (Å²) in [7, 11) is 0. The molecule has 2 saturated heterocycles. The third kappa shape index (κ3) is 2.01. The van der Waals surface area contributed by atoms with Gasteiger partial charge in [-0.1, -0.05) is 22.9 Å². The fraction of sp³-hybridized carbons (Fsp3) is 0.357. The first-order chi connectivity index (χ1) is 10.1. The van der Waals surface area contributed by atoms with Gasteiger partial charge in [0.15, 0.2) is 5.13 Å². The maximum absolute atomic E-state index is 12.0. The maximum atomic E-state index is 12.0. The largest absolute Gasteiger partial charge is 0.347 e. The van der Waals surface area contributed by atoms with Crippen LogP contribution in [0.4, 0.5) is 5.13 Å². The number of nitrogens with zero attached hydrogens (tertiary/aromatic N) is 2. The number of halogens is 1. The van der Waals surface area contributed by atoms with Crippen LogP contribution in [0.25, 0.3) is 10.2 Å². The molecule has 1 unspecified atom stereocenters. The molecule has 1 N–H and O–H groups in total. The summed E-state index contributed by atoms with van der Waals surface area (Å²) in [4.78, 5) is 30.2. The highest BCUT2D eigenvalue weighted by Gasteiger charge is 2.51. The van der Waals surface area contributed by atoms with Gasteiger partial charge in [-0.2, -0.15) is 0 Å². The van der Waals surface area contributed by atoms with Crippen molar-refractivity contribution in [3.8, 4) is 0 Å². The van der Waals surface area contributed by atoms with Crippen molar-refractivity contribution in [2.45, 2.75) is 12.8 Å². The SMILES string of the molecule is O=C1CC2(CCN(c3nc4ccc(Cl)cc4s3)C2)C(=O)N1. The predicted octanol–water partition coefficient (Wildman–Crippen LogP) is 2.19. The van der Waals surface area contributed by atoms with Crippen LogP contribution in [0.1, 0.15) is 12.8 Å². The fourth-order valence-electron chi connectivity index (χ4n) is 3.08. The molecule has 3 heterocycles. The zero-order valence-electron chi connectivity index (χ0n) is 11.1. The van der Waals surface area contributed by atoms with E-state index in [2.05, 4.69) is 15.2 Å². The van der Waals surface area contributed by atoms with E-state index in [9.17, 15) is 9.59 Å². The third-order valence-corrected chi connectivity index (χ3v) is 5.51. The van der Waals surface area contributed by atoms with Crippen LogP contribution in [-0.4, -0.2) is 29.9 Å². The van der Waals surface area contributed by atoms with E-state index in [0.29, 0.717) is 24.4 Å². The Morgan fingerprint density at radius 2 is 2.24 bits per heavy atom. The second-order valence-electron chi connectivity index (χ2n) is 5.61. The van der Waals surface area contributed by atoms with E-state index >= 15 is 0 Å². The second kappa shape index (κ2) is 4.42. The number of anilines is 1. The normalized spacial score (nSPS) is 25.3. The first-order valence-electron chi connectivity index (χ1n) is 6.71. The molecule has 0 saturated carbocycles. The van der Waals surface area contributed by atoms with Crippen LogP contribution >= 0.6 is 22.9 Å². The van der Waals surface area contributed by atoms with E-state index in [0.717, 1.165) is 21.9 Å². The number of carbonyl (C=O) groups excluding carboxylic acids is 2. The summed E-state index contributed by atoms with van der Waals surface area (Å²) >= 11 is 7.56. The topological polar surface area (TPSA) is 62.3 Å². The van der Waals surface area contributed by atoms with Gasteiger partial charge in [0.25, 0.3) is 0 Å². The van der Waals surface area contributed by atoms with Crippen LogP contribution < -0.4 is 10.2 Å². The summed E-state index contributed by atoms with van der Waals surface area (Å²) in [5, 5.41) is 3.99. The molecule has 2 amide bonds. The summed E-state index contributed by atoms with van der Waals surface area (Å²) in [6, 6.07) is 5.62. The van der Waals surface area contributed by atoms with Gasteiger partial charge in [-0.3, -0.25) is 14.9 Å². The number of nitrogens with one attached hydrogen (secondary N) is 1. The predicted molar refractivity (Wildman–Crippen MR) is 81.7 cm³/mol. The summed E-state index contributed by atoms with van der Waals surface area (Å²) in [5.41, 5.74) is 0.347. The van der Waals surface area contributed by atoms with Gasteiger partial charge >= 0.3 is 0 Å². The number of imide groups is 1. The van der Waals surface area contributed by atoms with Crippen LogP contribution in [0.3, 0.4) is 0 Å². The zero-order valence-corrected chi connectivity index (χ0v) is 12.6. The average molecular weight is 322 g/mol. The smallest absolute Gasteiger partial charge is 0.235 e. The van der Waals surface area contributed by atoms with Crippen molar-refractivity contribution in [2.24, 2.45) is 5.41 Å². The lowest BCUT2D eigenvalue weighted by Gasteiger charge is -2.19. The molecule has 0 bridgehead atoms. The van der Waals surface area contributed by atoms with Gasteiger partial charge in [-0.25, -0.2) is 4.98 Å². The van der Waals surface area contributed by atoms with Crippen molar-refractivity contribution in [2.75, 3.05) is 18.0 Å². The van der Waals surface area contributed by atoms with Gasteiger partial charge in [0, 0.05) is 24.5 Å². The molecule has 1 aromatic heterocycles. The number of rotatable bonds is 1. The zero-order chi connectivity index (χ0) is 14.6. The number of amides is 2. The number of hydrogen-bond donors (Lipinski definition) is 1. The lowest BCUT2D eigenvalue weighted by molar-refractivity contribution is -0.127. The summed E-state index contributed by atoms with van der Waals surface area (Å²) in [6.45, 7) is 1.30. The molecule has 2 aliphatic heterocycles. The Morgan fingerprint density at radius 3 is 3.00 bits per heavy atom. The van der Waals surface area contributed by atoms with Crippen LogP contribution in [0.2, 0.25) is 5.02 Å². The fourth-order valence-corrected chi connectivity index (χ4v) is 4.34. The quantitative estimate of drug-likeness (QED) is 0.818. The number of benzene rings is 1. The number of fused-ring (bicyclic) bond motifs is 1. The molecule has 1 atom stereocenters. The Labute approximate surface area is 129 Å². The van der Waals surface area contributed by atoms with Gasteiger partial charge in [-0.05, 0) is 24.6 Å². The Kier molecular flexibility index (Phi) is 2.74. The van der Waals surface area contributed by atoms with Gasteiger partial charge < -0.3 is 4.90 Å². The van der Waals surface area contributed by atoms with Crippen LogP contribution in [-0.2, 0) is 9.59 Å². The standard InChI is InChI=1S/C14H12ClN3O2S/c15-8-1-2-9-10(5-8)21-13(16-9)18-4-3-14(7-18)6-11(19)17-12(14)20/h1-2,5H,3-4,6-7H2,(H,17,19,20). The highest BCUT2D eigenvalue weighted by molar-refractivity contribution is 7.22. The molecule has 21 heavy (non-hydrogen) atoms. The van der Waals surface area contributed by atoms with Gasteiger partial charge in [-0.15, -0.1) is 0 Å². The van der Waals surface area contributed by atoms with Crippen molar-refractivity contribution in [1.82, 2.24) is 10.3 Å². The molecule has 2 fully saturated rings. The molecule has 2 aliphatic rings. The number of hydrogen-bond acceptors (Lipinski definition) is 5.